The predicted octanol–water partition coefficient (Wildman–Crippen LogP) is 3.40. The van der Waals surface area contributed by atoms with Crippen LogP contribution in [-0.2, 0) is 4.79 Å². The van der Waals surface area contributed by atoms with E-state index in [1.807, 2.05) is 56.3 Å². The number of para-hydroxylation sites is 2. The fourth-order valence-corrected chi connectivity index (χ4v) is 2.24. The molecule has 130 valence electrons. The van der Waals surface area contributed by atoms with Crippen LogP contribution < -0.4 is 14.9 Å². The van der Waals surface area contributed by atoms with E-state index in [2.05, 4.69) is 17.1 Å². The van der Waals surface area contributed by atoms with Crippen molar-refractivity contribution in [1.29, 1.82) is 0 Å². The lowest BCUT2D eigenvalue weighted by molar-refractivity contribution is -0.123. The minimum atomic E-state index is -0.330. The largest absolute Gasteiger partial charge is 0.489 e. The number of hydrogen-bond donors (Lipinski definition) is 1. The van der Waals surface area contributed by atoms with E-state index in [4.69, 9.17) is 9.47 Å². The van der Waals surface area contributed by atoms with Gasteiger partial charge in [0.05, 0.1) is 6.21 Å². The summed E-state index contributed by atoms with van der Waals surface area (Å²) in [5.41, 5.74) is 5.20. The lowest BCUT2D eigenvalue weighted by Gasteiger charge is -2.10. The highest BCUT2D eigenvalue weighted by molar-refractivity contribution is 5.85. The van der Waals surface area contributed by atoms with Gasteiger partial charge in [-0.05, 0) is 37.1 Å². The van der Waals surface area contributed by atoms with Gasteiger partial charge in [0.15, 0.2) is 6.61 Å². The molecular formula is C20H22N2O3. The third-order valence-electron chi connectivity index (χ3n) is 3.42. The lowest BCUT2D eigenvalue weighted by Crippen LogP contribution is -2.25. The summed E-state index contributed by atoms with van der Waals surface area (Å²) in [6, 6.07) is 13.3. The first-order chi connectivity index (χ1) is 12.1. The maximum absolute atomic E-state index is 11.9. The van der Waals surface area contributed by atoms with E-state index >= 15 is 0 Å². The van der Waals surface area contributed by atoms with Crippen LogP contribution >= 0.6 is 0 Å². The summed E-state index contributed by atoms with van der Waals surface area (Å²) in [6.45, 7) is 7.81. The van der Waals surface area contributed by atoms with Gasteiger partial charge in [-0.15, -0.1) is 0 Å². The highest BCUT2D eigenvalue weighted by Gasteiger charge is 2.06. The average Bonchev–Trinajstić information content (AvgIpc) is 2.60. The van der Waals surface area contributed by atoms with Gasteiger partial charge in [0.2, 0.25) is 0 Å². The quantitative estimate of drug-likeness (QED) is 0.456. The van der Waals surface area contributed by atoms with Crippen molar-refractivity contribution < 1.29 is 14.3 Å². The monoisotopic (exact) mass is 338 g/mol. The molecule has 1 N–H and O–H groups in total. The maximum atomic E-state index is 11.9. The summed E-state index contributed by atoms with van der Waals surface area (Å²) < 4.78 is 11.1. The van der Waals surface area contributed by atoms with Crippen molar-refractivity contribution in [2.24, 2.45) is 5.10 Å². The third-order valence-corrected chi connectivity index (χ3v) is 3.42. The van der Waals surface area contributed by atoms with Crippen molar-refractivity contribution in [3.8, 4) is 11.5 Å². The maximum Gasteiger partial charge on any atom is 0.277 e. The summed E-state index contributed by atoms with van der Waals surface area (Å²) in [7, 11) is 0. The van der Waals surface area contributed by atoms with E-state index in [0.717, 1.165) is 22.4 Å². The lowest BCUT2D eigenvalue weighted by atomic mass is 10.1. The van der Waals surface area contributed by atoms with Gasteiger partial charge in [0.1, 0.15) is 18.1 Å². The Morgan fingerprint density at radius 3 is 2.56 bits per heavy atom. The molecular weight excluding hydrogens is 316 g/mol. The van der Waals surface area contributed by atoms with Crippen molar-refractivity contribution in [1.82, 2.24) is 5.43 Å². The summed E-state index contributed by atoms with van der Waals surface area (Å²) in [5, 5.41) is 3.96. The Morgan fingerprint density at radius 2 is 1.84 bits per heavy atom. The molecule has 0 bridgehead atoms. The molecule has 0 aliphatic rings. The molecule has 0 unspecified atom stereocenters. The second kappa shape index (κ2) is 9.27. The van der Waals surface area contributed by atoms with Crippen LogP contribution in [0.15, 0.2) is 60.2 Å². The molecule has 0 aliphatic carbocycles. The van der Waals surface area contributed by atoms with Crippen LogP contribution in [0.2, 0.25) is 0 Å². The Hall–Kier alpha value is -3.08. The number of aryl methyl sites for hydroxylation is 2. The fraction of sp³-hybridized carbons (Fsp3) is 0.200. The molecule has 0 heterocycles. The van der Waals surface area contributed by atoms with Crippen molar-refractivity contribution in [3.05, 3.63) is 71.8 Å². The molecule has 2 aromatic rings. The summed E-state index contributed by atoms with van der Waals surface area (Å²) in [6.07, 6.45) is 3.20. The first-order valence-corrected chi connectivity index (χ1v) is 7.95. The molecule has 0 saturated heterocycles. The molecule has 25 heavy (non-hydrogen) atoms. The van der Waals surface area contributed by atoms with Crippen molar-refractivity contribution in [2.75, 3.05) is 13.2 Å². The van der Waals surface area contributed by atoms with Gasteiger partial charge in [0, 0.05) is 5.56 Å². The number of amides is 1. The Morgan fingerprint density at radius 1 is 1.12 bits per heavy atom. The minimum Gasteiger partial charge on any atom is -0.489 e. The van der Waals surface area contributed by atoms with Gasteiger partial charge in [-0.2, -0.15) is 5.10 Å². The number of nitrogens with one attached hydrogen (secondary N) is 1. The van der Waals surface area contributed by atoms with Gasteiger partial charge < -0.3 is 9.47 Å². The molecule has 2 rings (SSSR count). The molecule has 0 fully saturated rings. The second-order valence-corrected chi connectivity index (χ2v) is 5.44. The van der Waals surface area contributed by atoms with Crippen molar-refractivity contribution in [2.45, 2.75) is 13.8 Å². The number of hydrogen-bond acceptors (Lipinski definition) is 4. The zero-order valence-electron chi connectivity index (χ0n) is 14.5. The molecule has 0 radical (unpaired) electrons. The van der Waals surface area contributed by atoms with Gasteiger partial charge in [-0.3, -0.25) is 4.79 Å². The smallest absolute Gasteiger partial charge is 0.277 e. The third kappa shape index (κ3) is 5.49. The van der Waals surface area contributed by atoms with Crippen LogP contribution in [0.5, 0.6) is 11.5 Å². The van der Waals surface area contributed by atoms with Gasteiger partial charge in [-0.1, -0.05) is 43.0 Å². The molecule has 0 spiro atoms. The predicted molar refractivity (Wildman–Crippen MR) is 99.3 cm³/mol. The highest BCUT2D eigenvalue weighted by atomic mass is 16.5. The molecule has 0 aromatic heterocycles. The first-order valence-electron chi connectivity index (χ1n) is 7.95. The fourth-order valence-electron chi connectivity index (χ4n) is 2.24. The number of hydrazone groups is 1. The Balaban J connectivity index is 1.90. The molecule has 0 atom stereocenters. The Kier molecular flexibility index (Phi) is 6.77. The number of rotatable bonds is 8. The van der Waals surface area contributed by atoms with Crippen molar-refractivity contribution >= 4 is 12.1 Å². The first kappa shape index (κ1) is 18.3. The van der Waals surface area contributed by atoms with Gasteiger partial charge >= 0.3 is 0 Å². The zero-order valence-corrected chi connectivity index (χ0v) is 14.5. The Labute approximate surface area is 148 Å². The van der Waals surface area contributed by atoms with E-state index in [1.54, 1.807) is 6.08 Å². The normalized spacial score (nSPS) is 10.5. The van der Waals surface area contributed by atoms with Crippen LogP contribution in [0.25, 0.3) is 0 Å². The topological polar surface area (TPSA) is 59.9 Å². The van der Waals surface area contributed by atoms with Crippen LogP contribution in [0.3, 0.4) is 0 Å². The summed E-state index contributed by atoms with van der Waals surface area (Å²) in [5.74, 6) is 1.07. The zero-order chi connectivity index (χ0) is 18.1. The molecule has 0 aliphatic heterocycles. The number of nitrogens with zero attached hydrogens (tertiary/aromatic N) is 1. The average molecular weight is 338 g/mol. The van der Waals surface area contributed by atoms with Gasteiger partial charge in [0.25, 0.3) is 5.91 Å². The molecule has 5 nitrogen and oxygen atoms in total. The van der Waals surface area contributed by atoms with Crippen LogP contribution in [0.1, 0.15) is 16.7 Å². The SMILES string of the molecule is C=CCOc1ccccc1/C=N/NC(=O)COc1c(C)cccc1C. The number of benzene rings is 2. The summed E-state index contributed by atoms with van der Waals surface area (Å²) in [4.78, 5) is 11.9. The van der Waals surface area contributed by atoms with E-state index in [1.165, 1.54) is 6.21 Å². The van der Waals surface area contributed by atoms with E-state index in [-0.39, 0.29) is 12.5 Å². The van der Waals surface area contributed by atoms with E-state index in [0.29, 0.717) is 12.4 Å². The standard InChI is InChI=1S/C20H22N2O3/c1-4-12-24-18-11-6-5-10-17(18)13-21-22-19(23)14-25-20-15(2)8-7-9-16(20)3/h4-11,13H,1,12,14H2,2-3H3,(H,22,23)/b21-13+. The second-order valence-electron chi connectivity index (χ2n) is 5.44. The number of carbonyl (C=O) groups excluding carboxylic acids is 1. The van der Waals surface area contributed by atoms with Crippen molar-refractivity contribution in [3.63, 3.8) is 0 Å². The molecule has 1 amide bonds. The molecule has 5 heteroatoms. The van der Waals surface area contributed by atoms with E-state index in [9.17, 15) is 4.79 Å². The van der Waals surface area contributed by atoms with Crippen LogP contribution in [0, 0.1) is 13.8 Å². The summed E-state index contributed by atoms with van der Waals surface area (Å²) >= 11 is 0. The van der Waals surface area contributed by atoms with E-state index < -0.39 is 0 Å². The highest BCUT2D eigenvalue weighted by Crippen LogP contribution is 2.22. The molecule has 2 aromatic carbocycles. The minimum absolute atomic E-state index is 0.0996. The number of carbonyl (C=O) groups is 1. The number of ether oxygens (including phenoxy) is 2. The Bertz CT molecular complexity index is 749. The van der Waals surface area contributed by atoms with Gasteiger partial charge in [-0.25, -0.2) is 5.43 Å². The van der Waals surface area contributed by atoms with Crippen LogP contribution in [-0.4, -0.2) is 25.3 Å². The molecule has 0 saturated carbocycles. The van der Waals surface area contributed by atoms with Crippen LogP contribution in [0.4, 0.5) is 0 Å².